The molecular weight excluding hydrogens is 283 g/mol. The minimum Gasteiger partial charge on any atom is -0.497 e. The Morgan fingerprint density at radius 3 is 2.37 bits per heavy atom. The third-order valence-corrected chi connectivity index (χ3v) is 2.53. The topological polar surface area (TPSA) is 34.1 Å². The van der Waals surface area contributed by atoms with Gasteiger partial charge < -0.3 is 10.1 Å². The SMILES string of the molecule is COc1ccc(NCCc2ccccn2)cc1.Cl.Cl. The molecule has 0 atom stereocenters. The Morgan fingerprint density at radius 2 is 1.79 bits per heavy atom. The van der Waals surface area contributed by atoms with Crippen molar-refractivity contribution in [1.29, 1.82) is 0 Å². The van der Waals surface area contributed by atoms with Crippen molar-refractivity contribution in [2.24, 2.45) is 0 Å². The summed E-state index contributed by atoms with van der Waals surface area (Å²) in [6.45, 7) is 0.878. The molecule has 3 nitrogen and oxygen atoms in total. The molecule has 0 saturated carbocycles. The Balaban J connectivity index is 0.00000162. The van der Waals surface area contributed by atoms with Crippen LogP contribution >= 0.6 is 24.8 Å². The van der Waals surface area contributed by atoms with Gasteiger partial charge >= 0.3 is 0 Å². The molecule has 0 bridgehead atoms. The van der Waals surface area contributed by atoms with Crippen LogP contribution in [0, 0.1) is 0 Å². The van der Waals surface area contributed by atoms with Gasteiger partial charge in [-0.3, -0.25) is 4.98 Å². The van der Waals surface area contributed by atoms with Crippen molar-refractivity contribution in [1.82, 2.24) is 4.98 Å². The quantitative estimate of drug-likeness (QED) is 0.916. The van der Waals surface area contributed by atoms with Crippen LogP contribution in [0.3, 0.4) is 0 Å². The minimum atomic E-state index is 0. The van der Waals surface area contributed by atoms with E-state index in [-0.39, 0.29) is 24.8 Å². The highest BCUT2D eigenvalue weighted by Gasteiger charge is 1.95. The lowest BCUT2D eigenvalue weighted by Gasteiger charge is -2.06. The summed E-state index contributed by atoms with van der Waals surface area (Å²) in [5, 5.41) is 3.35. The summed E-state index contributed by atoms with van der Waals surface area (Å²) >= 11 is 0. The van der Waals surface area contributed by atoms with E-state index in [1.807, 2.05) is 48.7 Å². The zero-order chi connectivity index (χ0) is 11.9. The number of aromatic nitrogens is 1. The molecule has 0 unspecified atom stereocenters. The first-order valence-corrected chi connectivity index (χ1v) is 5.66. The Kier molecular flexibility index (Phi) is 8.75. The summed E-state index contributed by atoms with van der Waals surface area (Å²) < 4.78 is 5.11. The van der Waals surface area contributed by atoms with Gasteiger partial charge in [-0.1, -0.05) is 6.07 Å². The van der Waals surface area contributed by atoms with E-state index in [1.54, 1.807) is 7.11 Å². The number of nitrogens with zero attached hydrogens (tertiary/aromatic N) is 1. The van der Waals surface area contributed by atoms with Crippen LogP contribution in [0.15, 0.2) is 48.7 Å². The van der Waals surface area contributed by atoms with E-state index in [0.29, 0.717) is 0 Å². The van der Waals surface area contributed by atoms with Crippen LogP contribution in [0.2, 0.25) is 0 Å². The van der Waals surface area contributed by atoms with E-state index < -0.39 is 0 Å². The number of halogens is 2. The predicted molar refractivity (Wildman–Crippen MR) is 83.9 cm³/mol. The molecule has 1 N–H and O–H groups in total. The molecular formula is C14H18Cl2N2O. The number of pyridine rings is 1. The monoisotopic (exact) mass is 300 g/mol. The fraction of sp³-hybridized carbons (Fsp3) is 0.214. The number of ether oxygens (including phenoxy) is 1. The second-order valence-electron chi connectivity index (χ2n) is 3.73. The minimum absolute atomic E-state index is 0. The maximum Gasteiger partial charge on any atom is 0.119 e. The maximum atomic E-state index is 5.11. The van der Waals surface area contributed by atoms with Gasteiger partial charge in [0, 0.05) is 30.5 Å². The molecule has 0 aliphatic carbocycles. The van der Waals surface area contributed by atoms with Crippen LogP contribution in [0.4, 0.5) is 5.69 Å². The molecule has 0 fully saturated rings. The van der Waals surface area contributed by atoms with Gasteiger partial charge in [0.2, 0.25) is 0 Å². The number of anilines is 1. The highest BCUT2D eigenvalue weighted by molar-refractivity contribution is 5.85. The van der Waals surface area contributed by atoms with Crippen LogP contribution in [0.1, 0.15) is 5.69 Å². The Hall–Kier alpha value is -1.45. The van der Waals surface area contributed by atoms with Crippen molar-refractivity contribution in [3.05, 3.63) is 54.4 Å². The Morgan fingerprint density at radius 1 is 1.05 bits per heavy atom. The molecule has 0 aliphatic heterocycles. The summed E-state index contributed by atoms with van der Waals surface area (Å²) in [5.41, 5.74) is 2.20. The first-order valence-electron chi connectivity index (χ1n) is 5.66. The van der Waals surface area contributed by atoms with Crippen LogP contribution in [0.5, 0.6) is 5.75 Å². The van der Waals surface area contributed by atoms with E-state index in [9.17, 15) is 0 Å². The summed E-state index contributed by atoms with van der Waals surface area (Å²) in [6.07, 6.45) is 2.75. The molecule has 1 aromatic heterocycles. The standard InChI is InChI=1S/C14H16N2O.2ClH/c1-17-14-7-5-13(6-8-14)16-11-9-12-4-2-3-10-15-12;;/h2-8,10,16H,9,11H2,1H3;2*1H. The lowest BCUT2D eigenvalue weighted by Crippen LogP contribution is -2.05. The van der Waals surface area contributed by atoms with E-state index in [1.165, 1.54) is 0 Å². The van der Waals surface area contributed by atoms with Crippen molar-refractivity contribution in [3.63, 3.8) is 0 Å². The lowest BCUT2D eigenvalue weighted by molar-refractivity contribution is 0.415. The average molecular weight is 301 g/mol. The third-order valence-electron chi connectivity index (χ3n) is 2.53. The number of hydrogen-bond acceptors (Lipinski definition) is 3. The number of rotatable bonds is 5. The van der Waals surface area contributed by atoms with Crippen molar-refractivity contribution in [3.8, 4) is 5.75 Å². The van der Waals surface area contributed by atoms with Gasteiger partial charge in [0.25, 0.3) is 0 Å². The van der Waals surface area contributed by atoms with Crippen LogP contribution in [-0.2, 0) is 6.42 Å². The van der Waals surface area contributed by atoms with Gasteiger partial charge in [-0.25, -0.2) is 0 Å². The molecule has 5 heteroatoms. The molecule has 0 radical (unpaired) electrons. The first kappa shape index (κ1) is 17.6. The summed E-state index contributed by atoms with van der Waals surface area (Å²) in [4.78, 5) is 4.28. The molecule has 0 amide bonds. The number of nitrogens with one attached hydrogen (secondary N) is 1. The smallest absolute Gasteiger partial charge is 0.119 e. The van der Waals surface area contributed by atoms with Gasteiger partial charge in [0.1, 0.15) is 5.75 Å². The molecule has 19 heavy (non-hydrogen) atoms. The van der Waals surface area contributed by atoms with E-state index >= 15 is 0 Å². The molecule has 1 aromatic carbocycles. The molecule has 2 aromatic rings. The van der Waals surface area contributed by atoms with E-state index in [4.69, 9.17) is 4.74 Å². The largest absolute Gasteiger partial charge is 0.497 e. The summed E-state index contributed by atoms with van der Waals surface area (Å²) in [5.74, 6) is 0.875. The van der Waals surface area contributed by atoms with Crippen molar-refractivity contribution in [2.75, 3.05) is 19.0 Å². The molecule has 0 saturated heterocycles. The normalized spacial score (nSPS) is 8.89. The molecule has 0 spiro atoms. The second kappa shape index (κ2) is 9.48. The van der Waals surface area contributed by atoms with Crippen molar-refractivity contribution in [2.45, 2.75) is 6.42 Å². The highest BCUT2D eigenvalue weighted by atomic mass is 35.5. The van der Waals surface area contributed by atoms with Crippen LogP contribution in [0.25, 0.3) is 0 Å². The van der Waals surface area contributed by atoms with Gasteiger partial charge in [0.15, 0.2) is 0 Å². The number of hydrogen-bond donors (Lipinski definition) is 1. The summed E-state index contributed by atoms with van der Waals surface area (Å²) in [7, 11) is 1.67. The fourth-order valence-corrected chi connectivity index (χ4v) is 1.59. The highest BCUT2D eigenvalue weighted by Crippen LogP contribution is 2.14. The molecule has 2 rings (SSSR count). The van der Waals surface area contributed by atoms with Gasteiger partial charge in [-0.2, -0.15) is 0 Å². The average Bonchev–Trinajstić information content (AvgIpc) is 2.41. The molecule has 0 aliphatic rings. The zero-order valence-corrected chi connectivity index (χ0v) is 12.3. The van der Waals surface area contributed by atoms with Crippen LogP contribution in [-0.4, -0.2) is 18.6 Å². The maximum absolute atomic E-state index is 5.11. The van der Waals surface area contributed by atoms with Gasteiger partial charge in [0.05, 0.1) is 7.11 Å². The van der Waals surface area contributed by atoms with Crippen molar-refractivity contribution < 1.29 is 4.74 Å². The van der Waals surface area contributed by atoms with E-state index in [0.717, 1.165) is 30.1 Å². The summed E-state index contributed by atoms with van der Waals surface area (Å²) in [6, 6.07) is 13.9. The van der Waals surface area contributed by atoms with Crippen molar-refractivity contribution >= 4 is 30.5 Å². The van der Waals surface area contributed by atoms with Gasteiger partial charge in [-0.15, -0.1) is 24.8 Å². The third kappa shape index (κ3) is 5.81. The molecule has 104 valence electrons. The number of methoxy groups -OCH3 is 1. The molecule has 1 heterocycles. The van der Waals surface area contributed by atoms with E-state index in [2.05, 4.69) is 10.3 Å². The number of benzene rings is 1. The Labute approximate surface area is 126 Å². The van der Waals surface area contributed by atoms with Gasteiger partial charge in [-0.05, 0) is 36.4 Å². The lowest BCUT2D eigenvalue weighted by atomic mass is 10.2. The zero-order valence-electron chi connectivity index (χ0n) is 10.7. The van der Waals surface area contributed by atoms with Crippen LogP contribution < -0.4 is 10.1 Å². The second-order valence-corrected chi connectivity index (χ2v) is 3.73. The first-order chi connectivity index (χ1) is 8.38. The Bertz CT molecular complexity index is 449. The fourth-order valence-electron chi connectivity index (χ4n) is 1.59. The predicted octanol–water partition coefficient (Wildman–Crippen LogP) is 3.59.